The first kappa shape index (κ1) is 25.8. The van der Waals surface area contributed by atoms with Crippen molar-refractivity contribution in [2.24, 2.45) is 5.41 Å². The molecule has 0 aliphatic heterocycles. The third kappa shape index (κ3) is 6.73. The van der Waals surface area contributed by atoms with E-state index in [4.69, 9.17) is 8.85 Å². The molecule has 0 fully saturated rings. The van der Waals surface area contributed by atoms with Gasteiger partial charge in [0.2, 0.25) is 0 Å². The van der Waals surface area contributed by atoms with Crippen LogP contribution in [-0.2, 0) is 13.6 Å². The van der Waals surface area contributed by atoms with Gasteiger partial charge in [-0.1, -0.05) is 54.5 Å². The maximum absolute atomic E-state index is 12.0. The number of hydrogen-bond acceptors (Lipinski definition) is 3. The van der Waals surface area contributed by atoms with Gasteiger partial charge in [-0.05, 0) is 49.1 Å². The van der Waals surface area contributed by atoms with Crippen molar-refractivity contribution < 1.29 is 13.6 Å². The Hall–Kier alpha value is -0.236. The van der Waals surface area contributed by atoms with Crippen molar-refractivity contribution in [3.63, 3.8) is 0 Å². The quantitative estimate of drug-likeness (QED) is 0.236. The highest BCUT2D eigenvalue weighted by Gasteiger charge is 2.44. The van der Waals surface area contributed by atoms with Crippen LogP contribution in [0.1, 0.15) is 61.3 Å². The molecule has 0 aromatic heterocycles. The first-order valence-corrected chi connectivity index (χ1v) is 15.6. The normalized spacial score (nSPS) is 17.5. The van der Waals surface area contributed by atoms with Crippen LogP contribution in [0.25, 0.3) is 0 Å². The zero-order valence-corrected chi connectivity index (χ0v) is 21.3. The molecule has 0 aliphatic carbocycles. The summed E-state index contributed by atoms with van der Waals surface area (Å²) in [6.07, 6.45) is 4.09. The molecule has 0 unspecified atom stereocenters. The van der Waals surface area contributed by atoms with Crippen LogP contribution in [0.2, 0.25) is 36.3 Å². The van der Waals surface area contributed by atoms with Crippen LogP contribution in [0.4, 0.5) is 0 Å². The van der Waals surface area contributed by atoms with Crippen LogP contribution < -0.4 is 0 Å². The minimum absolute atomic E-state index is 0.101. The van der Waals surface area contributed by atoms with Crippen molar-refractivity contribution in [1.82, 2.24) is 0 Å². The van der Waals surface area contributed by atoms with E-state index in [9.17, 15) is 4.79 Å². The Morgan fingerprint density at radius 2 is 1.38 bits per heavy atom. The molecule has 154 valence electrons. The highest BCUT2D eigenvalue weighted by atomic mass is 28.4. The van der Waals surface area contributed by atoms with E-state index in [1.807, 2.05) is 13.0 Å². The van der Waals surface area contributed by atoms with Crippen LogP contribution >= 0.6 is 0 Å². The Balaban J connectivity index is 5.43. The second-order valence-corrected chi connectivity index (χ2v) is 20.4. The Bertz CT molecular complexity index is 473. The highest BCUT2D eigenvalue weighted by molar-refractivity contribution is 6.74. The zero-order valence-electron chi connectivity index (χ0n) is 19.3. The molecule has 0 aromatic carbocycles. The minimum atomic E-state index is -1.99. The second kappa shape index (κ2) is 8.84. The lowest BCUT2D eigenvalue weighted by atomic mass is 9.81. The fourth-order valence-electron chi connectivity index (χ4n) is 2.26. The molecule has 0 heterocycles. The molecule has 2 atom stereocenters. The summed E-state index contributed by atoms with van der Waals surface area (Å²) in [7, 11) is -3.80. The summed E-state index contributed by atoms with van der Waals surface area (Å²) < 4.78 is 13.1. The van der Waals surface area contributed by atoms with Gasteiger partial charge in [0, 0.05) is 6.61 Å². The largest absolute Gasteiger partial charge is 0.417 e. The average molecular weight is 401 g/mol. The van der Waals surface area contributed by atoms with Gasteiger partial charge in [-0.2, -0.15) is 0 Å². The molecule has 0 bridgehead atoms. The van der Waals surface area contributed by atoms with Crippen molar-refractivity contribution >= 4 is 22.9 Å². The Labute approximate surface area is 165 Å². The Morgan fingerprint density at radius 3 is 1.73 bits per heavy atom. The summed E-state index contributed by atoms with van der Waals surface area (Å²) in [6, 6.07) is 0. The van der Waals surface area contributed by atoms with E-state index in [0.29, 0.717) is 13.0 Å². The van der Waals surface area contributed by atoms with Crippen LogP contribution in [0, 0.1) is 5.41 Å². The maximum atomic E-state index is 12.0. The van der Waals surface area contributed by atoms with Gasteiger partial charge in [-0.3, -0.25) is 0 Å². The number of hydrogen-bond donors (Lipinski definition) is 0. The van der Waals surface area contributed by atoms with Crippen LogP contribution in [-0.4, -0.2) is 35.6 Å². The van der Waals surface area contributed by atoms with Crippen LogP contribution in [0.15, 0.2) is 12.7 Å². The molecule has 0 N–H and O–H groups in total. The van der Waals surface area contributed by atoms with E-state index < -0.39 is 22.0 Å². The standard InChI is InChI=1S/C21H44O3Si2/c1-13-15-21(8,17-22)18(24-26(11,12)20(5,6)7)14-16-23-25(9,10)19(2,3)4/h13,17-18H,1,14-16H2,2-12H3/t18-,21-/m0/s1. The monoisotopic (exact) mass is 400 g/mol. The van der Waals surface area contributed by atoms with Crippen LogP contribution in [0.5, 0.6) is 0 Å². The van der Waals surface area contributed by atoms with Gasteiger partial charge < -0.3 is 13.6 Å². The number of carbonyl (C=O) groups excluding carboxylic acids is 1. The first-order chi connectivity index (χ1) is 11.4. The van der Waals surface area contributed by atoms with E-state index in [1.165, 1.54) is 0 Å². The summed E-state index contributed by atoms with van der Waals surface area (Å²) >= 11 is 0. The van der Waals surface area contributed by atoms with Crippen LogP contribution in [0.3, 0.4) is 0 Å². The second-order valence-electron chi connectivity index (χ2n) is 10.9. The molecular formula is C21H44O3Si2. The smallest absolute Gasteiger partial charge is 0.192 e. The van der Waals surface area contributed by atoms with Gasteiger partial charge in [0.05, 0.1) is 11.5 Å². The van der Waals surface area contributed by atoms with E-state index in [1.54, 1.807) is 0 Å². The van der Waals surface area contributed by atoms with E-state index >= 15 is 0 Å². The molecule has 0 aliphatic rings. The molecule has 5 heteroatoms. The van der Waals surface area contributed by atoms with E-state index in [0.717, 1.165) is 12.7 Å². The third-order valence-corrected chi connectivity index (χ3v) is 15.5. The van der Waals surface area contributed by atoms with Gasteiger partial charge in [0.25, 0.3) is 0 Å². The van der Waals surface area contributed by atoms with E-state index in [2.05, 4.69) is 74.3 Å². The first-order valence-electron chi connectivity index (χ1n) is 9.82. The lowest BCUT2D eigenvalue weighted by Crippen LogP contribution is -2.50. The molecular weight excluding hydrogens is 356 g/mol. The molecule has 0 saturated carbocycles. The number of rotatable bonds is 10. The summed E-state index contributed by atoms with van der Waals surface area (Å²) in [4.78, 5) is 12.0. The lowest BCUT2D eigenvalue weighted by molar-refractivity contribution is -0.121. The van der Waals surface area contributed by atoms with Gasteiger partial charge in [-0.15, -0.1) is 6.58 Å². The molecule has 0 spiro atoms. The zero-order chi connectivity index (χ0) is 21.0. The summed E-state index contributed by atoms with van der Waals surface area (Å²) in [5.41, 5.74) is -0.561. The van der Waals surface area contributed by atoms with Crippen molar-refractivity contribution in [3.05, 3.63) is 12.7 Å². The molecule has 0 saturated heterocycles. The Kier molecular flexibility index (Phi) is 8.76. The SMILES string of the molecule is C=CC[C@@](C)(C=O)[C@H](CCO[Si](C)(C)C(C)(C)C)O[Si](C)(C)C(C)(C)C. The summed E-state index contributed by atoms with van der Waals surface area (Å²) in [5, 5.41) is 0.279. The highest BCUT2D eigenvalue weighted by Crippen LogP contribution is 2.41. The lowest BCUT2D eigenvalue weighted by Gasteiger charge is -2.44. The number of carbonyl (C=O) groups is 1. The fraction of sp³-hybridized carbons (Fsp3) is 0.857. The predicted octanol–water partition coefficient (Wildman–Crippen LogP) is 6.57. The molecule has 0 amide bonds. The fourth-order valence-corrected chi connectivity index (χ4v) is 4.77. The molecule has 0 radical (unpaired) electrons. The van der Waals surface area contributed by atoms with E-state index in [-0.39, 0.29) is 16.2 Å². The number of allylic oxidation sites excluding steroid dienone is 1. The Morgan fingerprint density at radius 1 is 0.923 bits per heavy atom. The van der Waals surface area contributed by atoms with Crippen molar-refractivity contribution in [2.75, 3.05) is 6.61 Å². The van der Waals surface area contributed by atoms with Gasteiger partial charge in [-0.25, -0.2) is 0 Å². The third-order valence-electron chi connectivity index (χ3n) is 6.48. The van der Waals surface area contributed by atoms with Crippen molar-refractivity contribution in [1.29, 1.82) is 0 Å². The van der Waals surface area contributed by atoms with Crippen molar-refractivity contribution in [2.45, 2.75) is 104 Å². The predicted molar refractivity (Wildman–Crippen MR) is 119 cm³/mol. The van der Waals surface area contributed by atoms with Crippen molar-refractivity contribution in [3.8, 4) is 0 Å². The molecule has 26 heavy (non-hydrogen) atoms. The van der Waals surface area contributed by atoms with Gasteiger partial charge in [0.15, 0.2) is 16.6 Å². The number of aldehydes is 1. The summed E-state index contributed by atoms with van der Waals surface area (Å²) in [5.74, 6) is 0. The molecule has 3 nitrogen and oxygen atoms in total. The average Bonchev–Trinajstić information content (AvgIpc) is 2.43. The van der Waals surface area contributed by atoms with Gasteiger partial charge in [0.1, 0.15) is 6.29 Å². The topological polar surface area (TPSA) is 35.5 Å². The molecule has 0 aromatic rings. The minimum Gasteiger partial charge on any atom is -0.417 e. The van der Waals surface area contributed by atoms with Gasteiger partial charge >= 0.3 is 0 Å². The maximum Gasteiger partial charge on any atom is 0.192 e. The molecule has 0 rings (SSSR count). The summed E-state index contributed by atoms with van der Waals surface area (Å²) in [6.45, 7) is 28.9.